The molecule has 5 heteroatoms. The summed E-state index contributed by atoms with van der Waals surface area (Å²) in [6, 6.07) is 7.79. The highest BCUT2D eigenvalue weighted by molar-refractivity contribution is 5.94. The van der Waals surface area contributed by atoms with Crippen LogP contribution in [0.1, 0.15) is 38.2 Å². The van der Waals surface area contributed by atoms with Gasteiger partial charge >= 0.3 is 0 Å². The molecule has 0 spiro atoms. The summed E-state index contributed by atoms with van der Waals surface area (Å²) in [6.45, 7) is 3.77. The molecule has 1 aromatic carbocycles. The number of benzene rings is 1. The van der Waals surface area contributed by atoms with E-state index in [-0.39, 0.29) is 5.92 Å². The molecule has 0 fully saturated rings. The molecule has 1 aromatic rings. The summed E-state index contributed by atoms with van der Waals surface area (Å²) < 4.78 is 10.6. The maximum atomic E-state index is 10.2. The molecular weight excluding hydrogens is 270 g/mol. The van der Waals surface area contributed by atoms with Crippen molar-refractivity contribution in [1.82, 2.24) is 0 Å². The van der Waals surface area contributed by atoms with Crippen molar-refractivity contribution in [3.05, 3.63) is 29.8 Å². The second-order valence-corrected chi connectivity index (χ2v) is 5.40. The Morgan fingerprint density at radius 1 is 1.38 bits per heavy atom. The summed E-state index contributed by atoms with van der Waals surface area (Å²) in [4.78, 5) is 5.43. The van der Waals surface area contributed by atoms with Crippen LogP contribution < -0.4 is 4.74 Å². The third kappa shape index (κ3) is 3.36. The summed E-state index contributed by atoms with van der Waals surface area (Å²) in [5.74, 6) is -0.0129. The standard InChI is InChI=1S/C16H23NO4/c1-5-14(18)15-13(10-16(2,20-4)21-17-15)11-6-8-12(19-3)9-7-11/h6-9,13-14,18H,5,10H2,1-4H3/t13-,14+,16-/m0/s1. The first-order chi connectivity index (χ1) is 10.0. The van der Waals surface area contributed by atoms with Crippen LogP contribution in [0.4, 0.5) is 0 Å². The van der Waals surface area contributed by atoms with Gasteiger partial charge in [0.2, 0.25) is 5.79 Å². The monoisotopic (exact) mass is 293 g/mol. The fraction of sp³-hybridized carbons (Fsp3) is 0.562. The van der Waals surface area contributed by atoms with Gasteiger partial charge in [-0.25, -0.2) is 0 Å². The van der Waals surface area contributed by atoms with E-state index in [0.717, 1.165) is 11.3 Å². The van der Waals surface area contributed by atoms with E-state index in [1.165, 1.54) is 0 Å². The summed E-state index contributed by atoms with van der Waals surface area (Å²) in [5.41, 5.74) is 1.71. The van der Waals surface area contributed by atoms with Crippen molar-refractivity contribution in [3.63, 3.8) is 0 Å². The summed E-state index contributed by atoms with van der Waals surface area (Å²) in [5, 5.41) is 14.3. The average molecular weight is 293 g/mol. The number of hydrogen-bond donors (Lipinski definition) is 1. The van der Waals surface area contributed by atoms with Crippen molar-refractivity contribution < 1.29 is 19.4 Å². The largest absolute Gasteiger partial charge is 0.497 e. The van der Waals surface area contributed by atoms with Crippen molar-refractivity contribution in [2.24, 2.45) is 5.16 Å². The third-order valence-electron chi connectivity index (χ3n) is 3.95. The molecule has 0 saturated heterocycles. The first-order valence-corrected chi connectivity index (χ1v) is 7.16. The number of aliphatic hydroxyl groups excluding tert-OH is 1. The molecule has 0 aromatic heterocycles. The number of methoxy groups -OCH3 is 2. The lowest BCUT2D eigenvalue weighted by molar-refractivity contribution is -0.222. The predicted molar refractivity (Wildman–Crippen MR) is 80.6 cm³/mol. The van der Waals surface area contributed by atoms with Crippen LogP contribution in [-0.4, -0.2) is 36.9 Å². The lowest BCUT2D eigenvalue weighted by atomic mass is 9.84. The topological polar surface area (TPSA) is 60.3 Å². The SMILES string of the molecule is CC[C@@H](O)C1=NO[C@](C)(OC)C[C@H]1c1ccc(OC)cc1. The first-order valence-electron chi connectivity index (χ1n) is 7.16. The van der Waals surface area contributed by atoms with Gasteiger partial charge in [0.15, 0.2) is 0 Å². The fourth-order valence-corrected chi connectivity index (χ4v) is 2.47. The van der Waals surface area contributed by atoms with E-state index in [4.69, 9.17) is 14.3 Å². The minimum Gasteiger partial charge on any atom is -0.497 e. The molecule has 0 radical (unpaired) electrons. The third-order valence-corrected chi connectivity index (χ3v) is 3.95. The lowest BCUT2D eigenvalue weighted by Crippen LogP contribution is -2.41. The zero-order valence-electron chi connectivity index (χ0n) is 13.0. The van der Waals surface area contributed by atoms with Gasteiger partial charge in [-0.05, 0) is 24.1 Å². The molecule has 0 unspecified atom stereocenters. The lowest BCUT2D eigenvalue weighted by Gasteiger charge is -2.36. The Hall–Kier alpha value is -1.59. The van der Waals surface area contributed by atoms with Crippen molar-refractivity contribution in [1.29, 1.82) is 0 Å². The van der Waals surface area contributed by atoms with Gasteiger partial charge < -0.3 is 19.4 Å². The molecule has 1 heterocycles. The molecule has 116 valence electrons. The summed E-state index contributed by atoms with van der Waals surface area (Å²) >= 11 is 0. The van der Waals surface area contributed by atoms with Gasteiger partial charge in [0.1, 0.15) is 5.75 Å². The van der Waals surface area contributed by atoms with Crippen LogP contribution in [0.5, 0.6) is 5.75 Å². The summed E-state index contributed by atoms with van der Waals surface area (Å²) in [7, 11) is 3.24. The van der Waals surface area contributed by atoms with E-state index < -0.39 is 11.9 Å². The maximum Gasteiger partial charge on any atom is 0.234 e. The number of aliphatic hydroxyl groups is 1. The smallest absolute Gasteiger partial charge is 0.234 e. The van der Waals surface area contributed by atoms with Crippen LogP contribution in [0, 0.1) is 0 Å². The van der Waals surface area contributed by atoms with E-state index >= 15 is 0 Å². The zero-order valence-corrected chi connectivity index (χ0v) is 13.0. The minimum absolute atomic E-state index is 0.0374. The van der Waals surface area contributed by atoms with Gasteiger partial charge in [-0.3, -0.25) is 0 Å². The first kappa shape index (κ1) is 15.8. The maximum absolute atomic E-state index is 10.2. The Balaban J connectivity index is 2.34. The molecule has 1 aliphatic heterocycles. The second kappa shape index (κ2) is 6.45. The number of ether oxygens (including phenoxy) is 2. The van der Waals surface area contributed by atoms with E-state index in [0.29, 0.717) is 18.6 Å². The zero-order chi connectivity index (χ0) is 15.5. The molecule has 21 heavy (non-hydrogen) atoms. The number of nitrogens with zero attached hydrogens (tertiary/aromatic N) is 1. The Morgan fingerprint density at radius 3 is 2.57 bits per heavy atom. The van der Waals surface area contributed by atoms with Gasteiger partial charge in [-0.15, -0.1) is 0 Å². The number of rotatable bonds is 5. The molecule has 5 nitrogen and oxygen atoms in total. The Labute approximate surface area is 125 Å². The van der Waals surface area contributed by atoms with E-state index in [1.807, 2.05) is 38.1 Å². The molecule has 1 N–H and O–H groups in total. The van der Waals surface area contributed by atoms with Crippen LogP contribution in [0.3, 0.4) is 0 Å². The van der Waals surface area contributed by atoms with Gasteiger partial charge in [0, 0.05) is 26.4 Å². The highest BCUT2D eigenvalue weighted by Crippen LogP contribution is 2.36. The van der Waals surface area contributed by atoms with Crippen LogP contribution in [0.25, 0.3) is 0 Å². The molecule has 0 aliphatic carbocycles. The Bertz CT molecular complexity index is 500. The van der Waals surface area contributed by atoms with Crippen molar-refractivity contribution in [2.45, 2.75) is 44.5 Å². The molecule has 3 atom stereocenters. The van der Waals surface area contributed by atoms with Gasteiger partial charge in [-0.2, -0.15) is 0 Å². The van der Waals surface area contributed by atoms with Gasteiger partial charge in [0.25, 0.3) is 0 Å². The van der Waals surface area contributed by atoms with Gasteiger partial charge in [-0.1, -0.05) is 24.2 Å². The van der Waals surface area contributed by atoms with E-state index in [1.54, 1.807) is 14.2 Å². The van der Waals surface area contributed by atoms with Gasteiger partial charge in [0.05, 0.1) is 18.9 Å². The summed E-state index contributed by atoms with van der Waals surface area (Å²) in [6.07, 6.45) is 0.586. The van der Waals surface area contributed by atoms with Crippen molar-refractivity contribution in [2.75, 3.05) is 14.2 Å². The predicted octanol–water partition coefficient (Wildman–Crippen LogP) is 2.69. The quantitative estimate of drug-likeness (QED) is 0.906. The highest BCUT2D eigenvalue weighted by atomic mass is 16.8. The number of oxime groups is 1. The number of hydrogen-bond acceptors (Lipinski definition) is 5. The molecular formula is C16H23NO4. The molecule has 0 saturated carbocycles. The van der Waals surface area contributed by atoms with Crippen LogP contribution in [-0.2, 0) is 9.57 Å². The van der Waals surface area contributed by atoms with E-state index in [2.05, 4.69) is 5.16 Å². The Morgan fingerprint density at radius 2 is 2.05 bits per heavy atom. The molecule has 0 bridgehead atoms. The average Bonchev–Trinajstić information content (AvgIpc) is 2.54. The van der Waals surface area contributed by atoms with Crippen LogP contribution in [0.2, 0.25) is 0 Å². The molecule has 2 rings (SSSR count). The van der Waals surface area contributed by atoms with Crippen LogP contribution >= 0.6 is 0 Å². The molecule has 0 amide bonds. The van der Waals surface area contributed by atoms with Crippen molar-refractivity contribution in [3.8, 4) is 5.75 Å². The van der Waals surface area contributed by atoms with E-state index in [9.17, 15) is 5.11 Å². The molecule has 1 aliphatic rings. The highest BCUT2D eigenvalue weighted by Gasteiger charge is 2.39. The Kier molecular flexibility index (Phi) is 4.85. The van der Waals surface area contributed by atoms with Crippen LogP contribution in [0.15, 0.2) is 29.4 Å². The van der Waals surface area contributed by atoms with Crippen molar-refractivity contribution >= 4 is 5.71 Å². The second-order valence-electron chi connectivity index (χ2n) is 5.40. The fourth-order valence-electron chi connectivity index (χ4n) is 2.47. The minimum atomic E-state index is -0.776. The normalized spacial score (nSPS) is 26.7.